The Labute approximate surface area is 139 Å². The number of aromatic nitrogens is 1. The van der Waals surface area contributed by atoms with E-state index in [0.29, 0.717) is 5.52 Å². The number of fused-ring (bicyclic) bond motifs is 1. The molecule has 0 spiro atoms. The molecule has 1 N–H and O–H groups in total. The third-order valence-electron chi connectivity index (χ3n) is 5.01. The average Bonchev–Trinajstić information content (AvgIpc) is 3.02. The predicted molar refractivity (Wildman–Crippen MR) is 92.7 cm³/mol. The molecule has 0 aliphatic carbocycles. The van der Waals surface area contributed by atoms with Crippen molar-refractivity contribution in [2.24, 2.45) is 0 Å². The quantitative estimate of drug-likeness (QED) is 0.509. The van der Waals surface area contributed by atoms with Crippen LogP contribution in [0.25, 0.3) is 10.9 Å². The number of H-pyrrole nitrogens is 1. The van der Waals surface area contributed by atoms with Crippen molar-refractivity contribution in [2.45, 2.75) is 32.1 Å². The van der Waals surface area contributed by atoms with Crippen LogP contribution in [0.3, 0.4) is 0 Å². The Morgan fingerprint density at radius 2 is 1.79 bits per heavy atom. The van der Waals surface area contributed by atoms with E-state index in [1.807, 2.05) is 12.3 Å². The fraction of sp³-hybridized carbons (Fsp3) is 0.263. The highest BCUT2D eigenvalue weighted by Gasteiger charge is 2.34. The van der Waals surface area contributed by atoms with Crippen LogP contribution in [0.2, 0.25) is 0 Å². The fourth-order valence-electron chi connectivity index (χ4n) is 3.65. The monoisotopic (exact) mass is 326 g/mol. The normalized spacial score (nSPS) is 11.8. The zero-order valence-corrected chi connectivity index (χ0v) is 13.7. The largest absolute Gasteiger partial charge is 0.355 e. The molecule has 0 aliphatic heterocycles. The van der Waals surface area contributed by atoms with Gasteiger partial charge in [0.25, 0.3) is 5.69 Å². The number of nitrogens with one attached hydrogen (secondary N) is 1. The van der Waals surface area contributed by atoms with E-state index in [9.17, 15) is 14.5 Å². The van der Waals surface area contributed by atoms with Crippen LogP contribution in [-0.2, 0) is 5.41 Å². The molecule has 0 unspecified atom stereocenters. The lowest BCUT2D eigenvalue weighted by molar-refractivity contribution is -0.383. The molecule has 4 nitrogen and oxygen atoms in total. The van der Waals surface area contributed by atoms with E-state index in [1.54, 1.807) is 18.2 Å². The number of rotatable bonds is 5. The van der Waals surface area contributed by atoms with E-state index in [2.05, 4.69) is 18.8 Å². The minimum Gasteiger partial charge on any atom is -0.355 e. The lowest BCUT2D eigenvalue weighted by atomic mass is 9.70. The molecule has 0 aliphatic rings. The Hall–Kier alpha value is -2.69. The molecule has 0 radical (unpaired) electrons. The minimum absolute atomic E-state index is 0.0685. The number of nitro groups is 1. The van der Waals surface area contributed by atoms with Crippen LogP contribution in [0.5, 0.6) is 0 Å². The van der Waals surface area contributed by atoms with E-state index in [0.717, 1.165) is 29.4 Å². The number of nitrogens with zero attached hydrogens (tertiary/aromatic N) is 1. The summed E-state index contributed by atoms with van der Waals surface area (Å²) < 4.78 is 13.3. The molecule has 2 aromatic carbocycles. The summed E-state index contributed by atoms with van der Waals surface area (Å²) in [6.45, 7) is 4.17. The number of aromatic amines is 1. The van der Waals surface area contributed by atoms with Gasteiger partial charge < -0.3 is 4.98 Å². The Morgan fingerprint density at radius 3 is 2.38 bits per heavy atom. The van der Waals surface area contributed by atoms with Gasteiger partial charge in [-0.2, -0.15) is 0 Å². The number of para-hydroxylation sites is 1. The highest BCUT2D eigenvalue weighted by molar-refractivity contribution is 5.91. The predicted octanol–water partition coefficient (Wildman–Crippen LogP) is 5.32. The van der Waals surface area contributed by atoms with Crippen LogP contribution in [0.15, 0.2) is 48.7 Å². The molecule has 124 valence electrons. The number of benzene rings is 2. The first-order chi connectivity index (χ1) is 11.5. The topological polar surface area (TPSA) is 58.9 Å². The maximum atomic E-state index is 13.3. The van der Waals surface area contributed by atoms with E-state index in [1.165, 1.54) is 18.2 Å². The van der Waals surface area contributed by atoms with Gasteiger partial charge in [-0.3, -0.25) is 10.1 Å². The van der Waals surface area contributed by atoms with E-state index >= 15 is 0 Å². The third kappa shape index (κ3) is 2.37. The van der Waals surface area contributed by atoms with Gasteiger partial charge in [0, 0.05) is 23.1 Å². The summed E-state index contributed by atoms with van der Waals surface area (Å²) in [5, 5.41) is 12.1. The maximum Gasteiger partial charge on any atom is 0.293 e. The Bertz CT molecular complexity index is 880. The van der Waals surface area contributed by atoms with Gasteiger partial charge in [-0.15, -0.1) is 0 Å². The van der Waals surface area contributed by atoms with Gasteiger partial charge in [0.1, 0.15) is 11.3 Å². The molecule has 3 aromatic rings. The van der Waals surface area contributed by atoms with Gasteiger partial charge in [-0.25, -0.2) is 4.39 Å². The van der Waals surface area contributed by atoms with Gasteiger partial charge in [0.05, 0.1) is 4.92 Å². The molecule has 0 saturated heterocycles. The summed E-state index contributed by atoms with van der Waals surface area (Å²) in [7, 11) is 0. The average molecular weight is 326 g/mol. The standard InChI is InChI=1S/C19H19FN2O2/c1-3-19(4-2,13-8-10-14(20)11-9-13)16-12-21-18-15(16)6-5-7-17(18)22(23)24/h5-12,21H,3-4H2,1-2H3. The van der Waals surface area contributed by atoms with Crippen molar-refractivity contribution in [3.05, 3.63) is 75.7 Å². The number of non-ortho nitro benzene ring substituents is 1. The number of hydrogen-bond donors (Lipinski definition) is 1. The Kier molecular flexibility index (Phi) is 4.09. The summed E-state index contributed by atoms with van der Waals surface area (Å²) in [4.78, 5) is 14.0. The summed E-state index contributed by atoms with van der Waals surface area (Å²) in [5.41, 5.74) is 2.31. The highest BCUT2D eigenvalue weighted by atomic mass is 19.1. The summed E-state index contributed by atoms with van der Waals surface area (Å²) in [6, 6.07) is 11.6. The molecule has 0 atom stereocenters. The Morgan fingerprint density at radius 1 is 1.12 bits per heavy atom. The number of nitro benzene ring substituents is 1. The molecular formula is C19H19FN2O2. The van der Waals surface area contributed by atoms with Crippen LogP contribution in [-0.4, -0.2) is 9.91 Å². The van der Waals surface area contributed by atoms with Crippen molar-refractivity contribution >= 4 is 16.6 Å². The Balaban J connectivity index is 2.27. The second-order valence-electron chi connectivity index (χ2n) is 5.96. The highest BCUT2D eigenvalue weighted by Crippen LogP contribution is 2.43. The molecule has 1 heterocycles. The summed E-state index contributed by atoms with van der Waals surface area (Å²) in [6.07, 6.45) is 3.48. The van der Waals surface area contributed by atoms with E-state index in [-0.39, 0.29) is 21.8 Å². The lowest BCUT2D eigenvalue weighted by Crippen LogP contribution is -2.25. The van der Waals surface area contributed by atoms with Crippen molar-refractivity contribution in [1.29, 1.82) is 0 Å². The zero-order chi connectivity index (χ0) is 17.3. The van der Waals surface area contributed by atoms with Crippen LogP contribution in [0.1, 0.15) is 37.8 Å². The number of hydrogen-bond acceptors (Lipinski definition) is 2. The smallest absolute Gasteiger partial charge is 0.293 e. The van der Waals surface area contributed by atoms with Crippen molar-refractivity contribution in [3.8, 4) is 0 Å². The van der Waals surface area contributed by atoms with Crippen LogP contribution < -0.4 is 0 Å². The second kappa shape index (κ2) is 6.07. The molecule has 0 saturated carbocycles. The molecule has 1 aromatic heterocycles. The van der Waals surface area contributed by atoms with E-state index in [4.69, 9.17) is 0 Å². The summed E-state index contributed by atoms with van der Waals surface area (Å²) in [5.74, 6) is -0.269. The second-order valence-corrected chi connectivity index (χ2v) is 5.96. The number of halogens is 1. The summed E-state index contributed by atoms with van der Waals surface area (Å²) >= 11 is 0. The van der Waals surface area contributed by atoms with Gasteiger partial charge >= 0.3 is 0 Å². The van der Waals surface area contributed by atoms with Gasteiger partial charge in [0.2, 0.25) is 0 Å². The van der Waals surface area contributed by atoms with Crippen molar-refractivity contribution in [1.82, 2.24) is 4.98 Å². The maximum absolute atomic E-state index is 13.3. The van der Waals surface area contributed by atoms with Gasteiger partial charge in [-0.1, -0.05) is 38.1 Å². The van der Waals surface area contributed by atoms with Gasteiger partial charge in [0.15, 0.2) is 0 Å². The zero-order valence-electron chi connectivity index (χ0n) is 13.7. The molecule has 24 heavy (non-hydrogen) atoms. The fourth-order valence-corrected chi connectivity index (χ4v) is 3.65. The van der Waals surface area contributed by atoms with Crippen molar-refractivity contribution in [2.75, 3.05) is 0 Å². The third-order valence-corrected chi connectivity index (χ3v) is 5.01. The molecule has 0 fully saturated rings. The van der Waals surface area contributed by atoms with Crippen LogP contribution in [0.4, 0.5) is 10.1 Å². The first-order valence-corrected chi connectivity index (χ1v) is 8.04. The molecule has 0 amide bonds. The lowest BCUT2D eigenvalue weighted by Gasteiger charge is -2.32. The van der Waals surface area contributed by atoms with E-state index < -0.39 is 0 Å². The molecule has 5 heteroatoms. The molecule has 3 rings (SSSR count). The first-order valence-electron chi connectivity index (χ1n) is 8.04. The van der Waals surface area contributed by atoms with Crippen LogP contribution in [0, 0.1) is 15.9 Å². The minimum atomic E-state index is -0.375. The van der Waals surface area contributed by atoms with Crippen LogP contribution >= 0.6 is 0 Å². The van der Waals surface area contributed by atoms with Gasteiger partial charge in [-0.05, 0) is 36.1 Å². The van der Waals surface area contributed by atoms with Crippen molar-refractivity contribution < 1.29 is 9.31 Å². The molecule has 0 bridgehead atoms. The SMILES string of the molecule is CCC(CC)(c1ccc(F)cc1)c1c[nH]c2c([N+](=O)[O-])cccc12. The first kappa shape index (κ1) is 16.2. The van der Waals surface area contributed by atoms with Crippen molar-refractivity contribution in [3.63, 3.8) is 0 Å². The molecular weight excluding hydrogens is 307 g/mol.